The number of carbonyl (C=O) groups excluding carboxylic acids is 1. The van der Waals surface area contributed by atoms with Gasteiger partial charge in [-0.15, -0.1) is 0 Å². The first-order valence-corrected chi connectivity index (χ1v) is 8.49. The average Bonchev–Trinajstić information content (AvgIpc) is 2.70. The minimum atomic E-state index is 0.444. The molecule has 1 saturated carbocycles. The zero-order chi connectivity index (χ0) is 14.3. The molecular weight excluding hydrogens is 248 g/mol. The van der Waals surface area contributed by atoms with Crippen LogP contribution >= 0.6 is 0 Å². The van der Waals surface area contributed by atoms with Crippen molar-refractivity contribution < 1.29 is 4.79 Å². The van der Waals surface area contributed by atoms with Gasteiger partial charge in [-0.25, -0.2) is 0 Å². The van der Waals surface area contributed by atoms with E-state index in [0.29, 0.717) is 18.4 Å². The van der Waals surface area contributed by atoms with Crippen molar-refractivity contribution in [3.8, 4) is 0 Å². The van der Waals surface area contributed by atoms with Crippen molar-refractivity contribution in [2.24, 2.45) is 17.8 Å². The van der Waals surface area contributed by atoms with E-state index in [-0.39, 0.29) is 0 Å². The fraction of sp³-hybridized carbons (Fsp3) is 0.941. The molecule has 2 aliphatic heterocycles. The molecule has 0 N–H and O–H groups in total. The third-order valence-electron chi connectivity index (χ3n) is 6.19. The maximum atomic E-state index is 11.6. The Bertz CT molecular complexity index is 370. The fourth-order valence-corrected chi connectivity index (χ4v) is 4.77. The molecule has 1 unspecified atom stereocenters. The molecule has 20 heavy (non-hydrogen) atoms. The standard InChI is InChI=1S/C17H30N2O/c1-12-6-16-8-14(4-5-15(16)10-18(12)3)9-19-11-17(20)7-13(19)2/h12-16H,4-11H2,1-3H3/t12-,13?,14+,15+,16+/m1/s1. The molecule has 2 saturated heterocycles. The summed E-state index contributed by atoms with van der Waals surface area (Å²) in [5.41, 5.74) is 0. The molecule has 0 aromatic carbocycles. The molecule has 0 aromatic rings. The SMILES string of the molecule is CC1CC(=O)CN1C[C@H]1CC[C@H]2CN(C)[C@H](C)C[C@H]2C1. The summed E-state index contributed by atoms with van der Waals surface area (Å²) in [7, 11) is 2.28. The molecule has 0 radical (unpaired) electrons. The summed E-state index contributed by atoms with van der Waals surface area (Å²) < 4.78 is 0. The number of fused-ring (bicyclic) bond motifs is 1. The van der Waals surface area contributed by atoms with Gasteiger partial charge in [-0.3, -0.25) is 9.69 Å². The quantitative estimate of drug-likeness (QED) is 0.775. The van der Waals surface area contributed by atoms with Gasteiger partial charge in [0.05, 0.1) is 6.54 Å². The molecule has 0 spiro atoms. The Balaban J connectivity index is 1.55. The average molecular weight is 278 g/mol. The van der Waals surface area contributed by atoms with Crippen LogP contribution in [0.3, 0.4) is 0 Å². The molecule has 3 nitrogen and oxygen atoms in total. The third kappa shape index (κ3) is 2.94. The molecule has 0 bridgehead atoms. The Labute approximate surface area is 123 Å². The van der Waals surface area contributed by atoms with Crippen molar-refractivity contribution in [2.45, 2.75) is 58.0 Å². The molecule has 3 aliphatic rings. The van der Waals surface area contributed by atoms with Gasteiger partial charge in [0, 0.05) is 31.6 Å². The molecular formula is C17H30N2O. The monoisotopic (exact) mass is 278 g/mol. The maximum absolute atomic E-state index is 11.6. The first kappa shape index (κ1) is 14.5. The number of hydrogen-bond acceptors (Lipinski definition) is 3. The number of hydrogen-bond donors (Lipinski definition) is 0. The normalized spacial score (nSPS) is 43.8. The van der Waals surface area contributed by atoms with Crippen LogP contribution in [0.25, 0.3) is 0 Å². The highest BCUT2D eigenvalue weighted by atomic mass is 16.1. The number of nitrogens with zero attached hydrogens (tertiary/aromatic N) is 2. The molecule has 3 fully saturated rings. The van der Waals surface area contributed by atoms with Gasteiger partial charge in [-0.05, 0) is 64.3 Å². The molecule has 3 heteroatoms. The van der Waals surface area contributed by atoms with E-state index >= 15 is 0 Å². The summed E-state index contributed by atoms with van der Waals surface area (Å²) >= 11 is 0. The predicted molar refractivity (Wildman–Crippen MR) is 81.7 cm³/mol. The van der Waals surface area contributed by atoms with Crippen LogP contribution in [0.1, 0.15) is 46.0 Å². The van der Waals surface area contributed by atoms with Gasteiger partial charge in [-0.1, -0.05) is 0 Å². The van der Waals surface area contributed by atoms with E-state index in [1.165, 1.54) is 38.8 Å². The summed E-state index contributed by atoms with van der Waals surface area (Å²) in [6, 6.07) is 1.24. The van der Waals surface area contributed by atoms with Crippen molar-refractivity contribution in [2.75, 3.05) is 26.7 Å². The Kier molecular flexibility index (Phi) is 4.19. The van der Waals surface area contributed by atoms with Crippen LogP contribution in [0.4, 0.5) is 0 Å². The Morgan fingerprint density at radius 3 is 2.60 bits per heavy atom. The van der Waals surface area contributed by atoms with Crippen molar-refractivity contribution >= 4 is 5.78 Å². The number of rotatable bonds is 2. The Morgan fingerprint density at radius 1 is 1.10 bits per heavy atom. The lowest BCUT2D eigenvalue weighted by Gasteiger charge is -2.46. The van der Waals surface area contributed by atoms with E-state index in [9.17, 15) is 4.79 Å². The Hall–Kier alpha value is -0.410. The molecule has 3 rings (SSSR count). The summed E-state index contributed by atoms with van der Waals surface area (Å²) in [5.74, 6) is 3.15. The maximum Gasteiger partial charge on any atom is 0.148 e. The smallest absolute Gasteiger partial charge is 0.148 e. The van der Waals surface area contributed by atoms with Gasteiger partial charge in [0.25, 0.3) is 0 Å². The second-order valence-corrected chi connectivity index (χ2v) is 7.74. The highest BCUT2D eigenvalue weighted by Gasteiger charge is 2.38. The summed E-state index contributed by atoms with van der Waals surface area (Å²) in [5, 5.41) is 0. The number of likely N-dealkylation sites (tertiary alicyclic amines) is 2. The van der Waals surface area contributed by atoms with Gasteiger partial charge in [-0.2, -0.15) is 0 Å². The number of ketones is 1. The van der Waals surface area contributed by atoms with Crippen LogP contribution in [-0.2, 0) is 4.79 Å². The molecule has 0 aromatic heterocycles. The summed E-state index contributed by atoms with van der Waals surface area (Å²) in [4.78, 5) is 16.5. The Morgan fingerprint density at radius 2 is 1.90 bits per heavy atom. The third-order valence-corrected chi connectivity index (χ3v) is 6.19. The fourth-order valence-electron chi connectivity index (χ4n) is 4.77. The van der Waals surface area contributed by atoms with E-state index in [0.717, 1.165) is 30.2 Å². The topological polar surface area (TPSA) is 23.6 Å². The van der Waals surface area contributed by atoms with Gasteiger partial charge in [0.1, 0.15) is 5.78 Å². The number of piperidine rings is 1. The lowest BCUT2D eigenvalue weighted by atomic mass is 9.69. The minimum Gasteiger partial charge on any atom is -0.303 e. The van der Waals surface area contributed by atoms with E-state index < -0.39 is 0 Å². The molecule has 0 amide bonds. The number of carbonyl (C=O) groups is 1. The number of Topliss-reactive ketones (excluding diaryl/α,β-unsaturated/α-hetero) is 1. The van der Waals surface area contributed by atoms with Crippen molar-refractivity contribution in [3.05, 3.63) is 0 Å². The van der Waals surface area contributed by atoms with Crippen LogP contribution in [0.5, 0.6) is 0 Å². The van der Waals surface area contributed by atoms with E-state index in [1.807, 2.05) is 0 Å². The van der Waals surface area contributed by atoms with E-state index in [2.05, 4.69) is 30.7 Å². The van der Waals surface area contributed by atoms with Crippen LogP contribution in [0.15, 0.2) is 0 Å². The highest BCUT2D eigenvalue weighted by molar-refractivity contribution is 5.83. The van der Waals surface area contributed by atoms with Crippen LogP contribution in [0.2, 0.25) is 0 Å². The van der Waals surface area contributed by atoms with Gasteiger partial charge < -0.3 is 4.90 Å². The first-order chi connectivity index (χ1) is 9.52. The first-order valence-electron chi connectivity index (χ1n) is 8.49. The van der Waals surface area contributed by atoms with Crippen LogP contribution in [-0.4, -0.2) is 54.3 Å². The van der Waals surface area contributed by atoms with Crippen molar-refractivity contribution in [3.63, 3.8) is 0 Å². The lowest BCUT2D eigenvalue weighted by molar-refractivity contribution is -0.117. The molecule has 114 valence electrons. The van der Waals surface area contributed by atoms with Crippen LogP contribution in [0, 0.1) is 17.8 Å². The summed E-state index contributed by atoms with van der Waals surface area (Å²) in [6.07, 6.45) is 6.34. The van der Waals surface area contributed by atoms with Gasteiger partial charge in [0.2, 0.25) is 0 Å². The van der Waals surface area contributed by atoms with Gasteiger partial charge in [0.15, 0.2) is 0 Å². The second kappa shape index (κ2) is 5.76. The van der Waals surface area contributed by atoms with Crippen molar-refractivity contribution in [1.29, 1.82) is 0 Å². The molecule has 1 aliphatic carbocycles. The van der Waals surface area contributed by atoms with Gasteiger partial charge >= 0.3 is 0 Å². The molecule has 2 heterocycles. The van der Waals surface area contributed by atoms with Crippen LogP contribution < -0.4 is 0 Å². The largest absolute Gasteiger partial charge is 0.303 e. The van der Waals surface area contributed by atoms with Crippen molar-refractivity contribution in [1.82, 2.24) is 9.80 Å². The minimum absolute atomic E-state index is 0.444. The second-order valence-electron chi connectivity index (χ2n) is 7.74. The highest BCUT2D eigenvalue weighted by Crippen LogP contribution is 2.41. The summed E-state index contributed by atoms with van der Waals surface area (Å²) in [6.45, 7) is 7.78. The zero-order valence-electron chi connectivity index (χ0n) is 13.3. The van der Waals surface area contributed by atoms with E-state index in [4.69, 9.17) is 0 Å². The van der Waals surface area contributed by atoms with E-state index in [1.54, 1.807) is 0 Å². The zero-order valence-corrected chi connectivity index (χ0v) is 13.3. The lowest BCUT2D eigenvalue weighted by Crippen LogP contribution is -2.47. The predicted octanol–water partition coefficient (Wildman–Crippen LogP) is 2.41. The molecule has 5 atom stereocenters.